The summed E-state index contributed by atoms with van der Waals surface area (Å²) in [5.74, 6) is -0.468. The Labute approximate surface area is 127 Å². The van der Waals surface area contributed by atoms with Gasteiger partial charge in [0, 0.05) is 12.8 Å². The van der Waals surface area contributed by atoms with Crippen molar-refractivity contribution < 1.29 is 14.3 Å². The van der Waals surface area contributed by atoms with E-state index in [1.807, 2.05) is 0 Å². The van der Waals surface area contributed by atoms with Crippen LogP contribution in [-0.4, -0.2) is 18.9 Å². The number of methoxy groups -OCH3 is 1. The number of hydrogen-bond acceptors (Lipinski definition) is 4. The molecular weight excluding hydrogens is 266 g/mol. The Morgan fingerprint density at radius 3 is 2.29 bits per heavy atom. The molecule has 0 saturated heterocycles. The van der Waals surface area contributed by atoms with Gasteiger partial charge >= 0.3 is 5.97 Å². The van der Waals surface area contributed by atoms with E-state index >= 15 is 0 Å². The highest BCUT2D eigenvalue weighted by molar-refractivity contribution is 6.03. The van der Waals surface area contributed by atoms with Gasteiger partial charge in [-0.25, -0.2) is 0 Å². The topological polar surface area (TPSA) is 67.2 Å². The standard InChI is InChI=1S/C17H27NO3/c1-21-16(20)17(13-10-14-18)12-9-7-5-3-2-4-6-8-11-15(17)19/h2-13H2,1H3. The van der Waals surface area contributed by atoms with Gasteiger partial charge < -0.3 is 4.74 Å². The first kappa shape index (κ1) is 17.7. The van der Waals surface area contributed by atoms with Crippen molar-refractivity contribution in [3.8, 4) is 6.07 Å². The molecular formula is C17H27NO3. The van der Waals surface area contributed by atoms with Gasteiger partial charge in [-0.05, 0) is 19.3 Å². The summed E-state index contributed by atoms with van der Waals surface area (Å²) in [4.78, 5) is 24.9. The van der Waals surface area contributed by atoms with E-state index in [1.165, 1.54) is 20.0 Å². The number of nitriles is 1. The van der Waals surface area contributed by atoms with Gasteiger partial charge in [0.15, 0.2) is 0 Å². The quantitative estimate of drug-likeness (QED) is 0.584. The summed E-state index contributed by atoms with van der Waals surface area (Å²) >= 11 is 0. The first-order valence-electron chi connectivity index (χ1n) is 8.16. The fourth-order valence-electron chi connectivity index (χ4n) is 3.20. The highest BCUT2D eigenvalue weighted by atomic mass is 16.5. The monoisotopic (exact) mass is 293 g/mol. The number of hydrogen-bond donors (Lipinski definition) is 0. The van der Waals surface area contributed by atoms with Gasteiger partial charge in [-0.15, -0.1) is 0 Å². The van der Waals surface area contributed by atoms with Crippen LogP contribution in [0.25, 0.3) is 0 Å². The van der Waals surface area contributed by atoms with Crippen molar-refractivity contribution in [1.82, 2.24) is 0 Å². The molecule has 21 heavy (non-hydrogen) atoms. The second-order valence-electron chi connectivity index (χ2n) is 5.98. The van der Waals surface area contributed by atoms with E-state index in [4.69, 9.17) is 10.00 Å². The van der Waals surface area contributed by atoms with Crippen LogP contribution in [0.4, 0.5) is 0 Å². The zero-order chi connectivity index (χ0) is 15.6. The molecule has 1 unspecified atom stereocenters. The van der Waals surface area contributed by atoms with E-state index in [2.05, 4.69) is 6.07 Å². The number of carbonyl (C=O) groups is 2. The summed E-state index contributed by atoms with van der Waals surface area (Å²) in [6.45, 7) is 0. The molecule has 1 atom stereocenters. The van der Waals surface area contributed by atoms with Crippen molar-refractivity contribution in [2.45, 2.75) is 77.0 Å². The lowest BCUT2D eigenvalue weighted by Gasteiger charge is -2.29. The lowest BCUT2D eigenvalue weighted by molar-refractivity contribution is -0.159. The van der Waals surface area contributed by atoms with Gasteiger partial charge in [-0.1, -0.05) is 44.9 Å². The molecule has 1 fully saturated rings. The zero-order valence-electron chi connectivity index (χ0n) is 13.2. The number of carbonyl (C=O) groups excluding carboxylic acids is 2. The Morgan fingerprint density at radius 1 is 1.14 bits per heavy atom. The molecule has 0 amide bonds. The summed E-state index contributed by atoms with van der Waals surface area (Å²) in [5.41, 5.74) is -1.08. The highest BCUT2D eigenvalue weighted by Gasteiger charge is 2.44. The Hall–Kier alpha value is -1.37. The van der Waals surface area contributed by atoms with Gasteiger partial charge in [0.25, 0.3) is 0 Å². The maximum atomic E-state index is 12.6. The third-order valence-corrected chi connectivity index (χ3v) is 4.53. The summed E-state index contributed by atoms with van der Waals surface area (Å²) in [5, 5.41) is 8.85. The molecule has 0 aliphatic heterocycles. The van der Waals surface area contributed by atoms with E-state index in [-0.39, 0.29) is 12.2 Å². The molecule has 0 aromatic carbocycles. The molecule has 4 heteroatoms. The second kappa shape index (κ2) is 9.55. The van der Waals surface area contributed by atoms with Crippen LogP contribution >= 0.6 is 0 Å². The molecule has 0 aromatic heterocycles. The average Bonchev–Trinajstić information content (AvgIpc) is 2.49. The number of ketones is 1. The van der Waals surface area contributed by atoms with E-state index in [1.54, 1.807) is 0 Å². The van der Waals surface area contributed by atoms with Gasteiger partial charge in [0.1, 0.15) is 11.2 Å². The van der Waals surface area contributed by atoms with Crippen molar-refractivity contribution in [3.05, 3.63) is 0 Å². The fourth-order valence-corrected chi connectivity index (χ4v) is 3.20. The van der Waals surface area contributed by atoms with Crippen molar-refractivity contribution in [2.24, 2.45) is 5.41 Å². The number of ether oxygens (including phenoxy) is 1. The number of Topliss-reactive ketones (excluding diaryl/α,β-unsaturated/α-hetero) is 1. The molecule has 0 heterocycles. The lowest BCUT2D eigenvalue weighted by atomic mass is 9.73. The number of nitrogens with zero attached hydrogens (tertiary/aromatic N) is 1. The molecule has 1 saturated carbocycles. The molecule has 4 nitrogen and oxygen atoms in total. The maximum absolute atomic E-state index is 12.6. The highest BCUT2D eigenvalue weighted by Crippen LogP contribution is 2.35. The SMILES string of the molecule is COC(=O)C1(CCC#N)CCCCCCCCCCC1=O. The van der Waals surface area contributed by atoms with Gasteiger partial charge in [-0.2, -0.15) is 5.26 Å². The smallest absolute Gasteiger partial charge is 0.319 e. The molecule has 1 aliphatic rings. The van der Waals surface area contributed by atoms with Crippen LogP contribution in [0.1, 0.15) is 77.0 Å². The molecule has 118 valence electrons. The molecule has 1 aliphatic carbocycles. The second-order valence-corrected chi connectivity index (χ2v) is 5.98. The van der Waals surface area contributed by atoms with E-state index < -0.39 is 11.4 Å². The predicted molar refractivity (Wildman–Crippen MR) is 80.5 cm³/mol. The fraction of sp³-hybridized carbons (Fsp3) is 0.824. The molecule has 0 radical (unpaired) electrons. The minimum Gasteiger partial charge on any atom is -0.468 e. The largest absolute Gasteiger partial charge is 0.468 e. The summed E-state index contributed by atoms with van der Waals surface area (Å²) in [6.07, 6.45) is 10.1. The van der Waals surface area contributed by atoms with Crippen LogP contribution in [0.5, 0.6) is 0 Å². The minimum atomic E-state index is -1.08. The van der Waals surface area contributed by atoms with Crippen LogP contribution in [-0.2, 0) is 14.3 Å². The minimum absolute atomic E-state index is 0.0230. The summed E-state index contributed by atoms with van der Waals surface area (Å²) in [7, 11) is 1.33. The van der Waals surface area contributed by atoms with Crippen LogP contribution < -0.4 is 0 Å². The maximum Gasteiger partial charge on any atom is 0.319 e. The Bertz CT molecular complexity index is 386. The Balaban J connectivity index is 2.89. The average molecular weight is 293 g/mol. The number of rotatable bonds is 3. The molecule has 0 bridgehead atoms. The summed E-state index contributed by atoms with van der Waals surface area (Å²) in [6, 6.07) is 2.07. The van der Waals surface area contributed by atoms with E-state index in [0.717, 1.165) is 38.5 Å². The van der Waals surface area contributed by atoms with Gasteiger partial charge in [-0.3, -0.25) is 9.59 Å². The van der Waals surface area contributed by atoms with Crippen molar-refractivity contribution in [2.75, 3.05) is 7.11 Å². The van der Waals surface area contributed by atoms with Gasteiger partial charge in [0.05, 0.1) is 13.2 Å². The first-order valence-corrected chi connectivity index (χ1v) is 8.16. The lowest BCUT2D eigenvalue weighted by Crippen LogP contribution is -2.40. The van der Waals surface area contributed by atoms with Crippen molar-refractivity contribution in [1.29, 1.82) is 5.26 Å². The van der Waals surface area contributed by atoms with Crippen LogP contribution in [0.2, 0.25) is 0 Å². The molecule has 0 spiro atoms. The third-order valence-electron chi connectivity index (χ3n) is 4.53. The first-order chi connectivity index (χ1) is 10.2. The summed E-state index contributed by atoms with van der Waals surface area (Å²) < 4.78 is 4.92. The Morgan fingerprint density at radius 2 is 1.71 bits per heavy atom. The zero-order valence-corrected chi connectivity index (χ0v) is 13.2. The normalized spacial score (nSPS) is 25.2. The van der Waals surface area contributed by atoms with Gasteiger partial charge in [0.2, 0.25) is 0 Å². The number of esters is 1. The van der Waals surface area contributed by atoms with E-state index in [9.17, 15) is 9.59 Å². The third kappa shape index (κ3) is 5.15. The van der Waals surface area contributed by atoms with Crippen LogP contribution in [0, 0.1) is 16.7 Å². The van der Waals surface area contributed by atoms with Crippen LogP contribution in [0.15, 0.2) is 0 Å². The van der Waals surface area contributed by atoms with Crippen molar-refractivity contribution in [3.63, 3.8) is 0 Å². The van der Waals surface area contributed by atoms with E-state index in [0.29, 0.717) is 19.3 Å². The molecule has 0 N–H and O–H groups in total. The van der Waals surface area contributed by atoms with Crippen LogP contribution in [0.3, 0.4) is 0 Å². The molecule has 0 aromatic rings. The van der Waals surface area contributed by atoms with Crippen molar-refractivity contribution >= 4 is 11.8 Å². The predicted octanol–water partition coefficient (Wildman–Crippen LogP) is 3.93. The Kier molecular flexibility index (Phi) is 8.04. The molecule has 1 rings (SSSR count).